The average Bonchev–Trinajstić information content (AvgIpc) is 2.53. The number of hydrogen-bond acceptors (Lipinski definition) is 1. The minimum Gasteiger partial charge on any atom is -0.369 e. The van der Waals surface area contributed by atoms with Gasteiger partial charge in [0.25, 0.3) is 0 Å². The van der Waals surface area contributed by atoms with Gasteiger partial charge in [0.05, 0.1) is 11.8 Å². The van der Waals surface area contributed by atoms with E-state index >= 15 is 0 Å². The van der Waals surface area contributed by atoms with Gasteiger partial charge in [0.2, 0.25) is 5.91 Å². The SMILES string of the molecule is NC(=O)C12CC3CC(c4ccccc4)(CC(C1)C3=CCC(F)(F)F)C2. The highest BCUT2D eigenvalue weighted by atomic mass is 19.4. The maximum atomic E-state index is 12.7. The van der Waals surface area contributed by atoms with Crippen LogP contribution in [0.25, 0.3) is 0 Å². The molecule has 134 valence electrons. The van der Waals surface area contributed by atoms with Crippen molar-refractivity contribution < 1.29 is 18.0 Å². The minimum absolute atomic E-state index is 0.0382. The normalized spacial score (nSPS) is 36.5. The van der Waals surface area contributed by atoms with Crippen LogP contribution in [0.1, 0.15) is 44.1 Å². The third-order valence-corrected chi connectivity index (χ3v) is 6.65. The summed E-state index contributed by atoms with van der Waals surface area (Å²) in [7, 11) is 0. The van der Waals surface area contributed by atoms with Crippen molar-refractivity contribution in [3.8, 4) is 0 Å². The van der Waals surface area contributed by atoms with Gasteiger partial charge in [0.15, 0.2) is 0 Å². The molecule has 4 aliphatic rings. The summed E-state index contributed by atoms with van der Waals surface area (Å²) in [5.74, 6) is -0.204. The lowest BCUT2D eigenvalue weighted by atomic mass is 9.41. The summed E-state index contributed by atoms with van der Waals surface area (Å²) in [5.41, 5.74) is 7.21. The third-order valence-electron chi connectivity index (χ3n) is 6.65. The van der Waals surface area contributed by atoms with Crippen LogP contribution < -0.4 is 5.73 Å². The monoisotopic (exact) mass is 349 g/mol. The van der Waals surface area contributed by atoms with E-state index in [0.29, 0.717) is 12.8 Å². The van der Waals surface area contributed by atoms with Crippen molar-refractivity contribution in [3.05, 3.63) is 47.5 Å². The first-order chi connectivity index (χ1) is 11.7. The lowest BCUT2D eigenvalue weighted by Crippen LogP contribution is -2.59. The Morgan fingerprint density at radius 3 is 2.24 bits per heavy atom. The predicted octanol–water partition coefficient (Wildman–Crippen LogP) is 4.50. The van der Waals surface area contributed by atoms with Crippen molar-refractivity contribution >= 4 is 5.91 Å². The van der Waals surface area contributed by atoms with Gasteiger partial charge in [0, 0.05) is 0 Å². The van der Waals surface area contributed by atoms with E-state index in [-0.39, 0.29) is 23.2 Å². The van der Waals surface area contributed by atoms with Crippen molar-refractivity contribution in [2.24, 2.45) is 23.0 Å². The van der Waals surface area contributed by atoms with Crippen LogP contribution in [-0.4, -0.2) is 12.1 Å². The molecule has 5 heteroatoms. The lowest BCUT2D eigenvalue weighted by molar-refractivity contribution is -0.141. The van der Waals surface area contributed by atoms with E-state index < -0.39 is 18.0 Å². The Kier molecular flexibility index (Phi) is 3.57. The molecule has 25 heavy (non-hydrogen) atoms. The summed E-state index contributed by atoms with van der Waals surface area (Å²) in [5, 5.41) is 0. The molecule has 2 atom stereocenters. The summed E-state index contributed by atoms with van der Waals surface area (Å²) in [6.45, 7) is 0. The highest BCUT2D eigenvalue weighted by Crippen LogP contribution is 2.67. The van der Waals surface area contributed by atoms with E-state index in [0.717, 1.165) is 24.8 Å². The Hall–Kier alpha value is -1.78. The fraction of sp³-hybridized carbons (Fsp3) is 0.550. The molecule has 1 aromatic rings. The second-order valence-electron chi connectivity index (χ2n) is 8.20. The van der Waals surface area contributed by atoms with Crippen molar-refractivity contribution in [2.45, 2.75) is 50.1 Å². The Morgan fingerprint density at radius 2 is 1.72 bits per heavy atom. The van der Waals surface area contributed by atoms with Crippen molar-refractivity contribution in [3.63, 3.8) is 0 Å². The van der Waals surface area contributed by atoms with Crippen molar-refractivity contribution in [1.29, 1.82) is 0 Å². The maximum absolute atomic E-state index is 12.7. The summed E-state index contributed by atoms with van der Waals surface area (Å²) < 4.78 is 38.1. The molecule has 0 aliphatic heterocycles. The van der Waals surface area contributed by atoms with E-state index in [4.69, 9.17) is 5.73 Å². The fourth-order valence-electron chi connectivity index (χ4n) is 5.92. The van der Waals surface area contributed by atoms with Crippen LogP contribution >= 0.6 is 0 Å². The molecule has 2 N–H and O–H groups in total. The highest BCUT2D eigenvalue weighted by Gasteiger charge is 2.62. The summed E-state index contributed by atoms with van der Waals surface area (Å²) in [6, 6.07) is 10.1. The molecule has 4 fully saturated rings. The first-order valence-electron chi connectivity index (χ1n) is 8.85. The predicted molar refractivity (Wildman–Crippen MR) is 88.6 cm³/mol. The lowest BCUT2D eigenvalue weighted by Gasteiger charge is -2.62. The average molecular weight is 349 g/mol. The number of carbonyl (C=O) groups is 1. The molecule has 2 unspecified atom stereocenters. The second kappa shape index (κ2) is 5.36. The molecule has 0 heterocycles. The zero-order chi connectivity index (χ0) is 17.9. The van der Waals surface area contributed by atoms with E-state index in [1.807, 2.05) is 18.2 Å². The largest absolute Gasteiger partial charge is 0.392 e. The number of rotatable bonds is 3. The molecule has 1 amide bonds. The number of amides is 1. The number of hydrogen-bond donors (Lipinski definition) is 1. The van der Waals surface area contributed by atoms with E-state index in [1.54, 1.807) is 0 Å². The van der Waals surface area contributed by atoms with Gasteiger partial charge >= 0.3 is 6.18 Å². The van der Waals surface area contributed by atoms with Gasteiger partial charge in [-0.1, -0.05) is 42.0 Å². The number of alkyl halides is 3. The third kappa shape index (κ3) is 2.68. The molecule has 0 spiro atoms. The van der Waals surface area contributed by atoms with Gasteiger partial charge < -0.3 is 5.73 Å². The molecular formula is C20H22F3NO. The molecule has 1 aromatic carbocycles. The van der Waals surface area contributed by atoms with Crippen LogP contribution in [0.2, 0.25) is 0 Å². The minimum atomic E-state index is -4.18. The van der Waals surface area contributed by atoms with Gasteiger partial charge in [-0.05, 0) is 54.9 Å². The summed E-state index contributed by atoms with van der Waals surface area (Å²) in [6.07, 6.45) is -0.0660. The van der Waals surface area contributed by atoms with Crippen molar-refractivity contribution in [2.75, 3.05) is 0 Å². The topological polar surface area (TPSA) is 43.1 Å². The van der Waals surface area contributed by atoms with E-state index in [2.05, 4.69) is 12.1 Å². The number of halogens is 3. The van der Waals surface area contributed by atoms with Gasteiger partial charge in [-0.2, -0.15) is 13.2 Å². The van der Waals surface area contributed by atoms with Crippen LogP contribution in [0.4, 0.5) is 13.2 Å². The van der Waals surface area contributed by atoms with E-state index in [1.165, 1.54) is 11.6 Å². The smallest absolute Gasteiger partial charge is 0.369 e. The van der Waals surface area contributed by atoms with Crippen LogP contribution in [-0.2, 0) is 10.2 Å². The Labute approximate surface area is 145 Å². The summed E-state index contributed by atoms with van der Waals surface area (Å²) in [4.78, 5) is 12.3. The molecule has 0 radical (unpaired) electrons. The highest BCUT2D eigenvalue weighted by molar-refractivity contribution is 5.82. The zero-order valence-corrected chi connectivity index (χ0v) is 14.0. The van der Waals surface area contributed by atoms with Crippen LogP contribution in [0.15, 0.2) is 42.0 Å². The van der Waals surface area contributed by atoms with Gasteiger partial charge in [0.1, 0.15) is 0 Å². The molecule has 2 nitrogen and oxygen atoms in total. The molecule has 4 aliphatic carbocycles. The quantitative estimate of drug-likeness (QED) is 0.802. The molecule has 0 aromatic heterocycles. The standard InChI is InChI=1S/C20H22F3NO/c21-20(22,23)7-6-16-13-8-18(15-4-2-1-3-5-15)9-14(16)11-19(10-13,12-18)17(24)25/h1-6,13-14H,7-12H2,(H2,24,25). The Bertz CT molecular complexity index is 704. The first-order valence-corrected chi connectivity index (χ1v) is 8.85. The Balaban J connectivity index is 1.73. The van der Waals surface area contributed by atoms with Crippen LogP contribution in [0, 0.1) is 17.3 Å². The zero-order valence-electron chi connectivity index (χ0n) is 14.0. The van der Waals surface area contributed by atoms with Gasteiger partial charge in [-0.3, -0.25) is 4.79 Å². The molecule has 4 saturated carbocycles. The Morgan fingerprint density at radius 1 is 1.12 bits per heavy atom. The second-order valence-corrected chi connectivity index (χ2v) is 8.20. The maximum Gasteiger partial charge on any atom is 0.392 e. The van der Waals surface area contributed by atoms with Crippen molar-refractivity contribution in [1.82, 2.24) is 0 Å². The number of carbonyl (C=O) groups excluding carboxylic acids is 1. The number of allylic oxidation sites excluding steroid dienone is 2. The van der Waals surface area contributed by atoms with E-state index in [9.17, 15) is 18.0 Å². The first kappa shape index (κ1) is 16.7. The molecule has 5 rings (SSSR count). The molecule has 0 saturated heterocycles. The summed E-state index contributed by atoms with van der Waals surface area (Å²) >= 11 is 0. The molecule has 4 bridgehead atoms. The fourth-order valence-corrected chi connectivity index (χ4v) is 5.92. The van der Waals surface area contributed by atoms with Crippen LogP contribution in [0.3, 0.4) is 0 Å². The van der Waals surface area contributed by atoms with Gasteiger partial charge in [-0.25, -0.2) is 0 Å². The van der Waals surface area contributed by atoms with Crippen LogP contribution in [0.5, 0.6) is 0 Å². The number of nitrogens with two attached hydrogens (primary N) is 1. The number of benzene rings is 1. The number of primary amides is 1. The van der Waals surface area contributed by atoms with Gasteiger partial charge in [-0.15, -0.1) is 0 Å². The molecular weight excluding hydrogens is 327 g/mol.